The predicted octanol–water partition coefficient (Wildman–Crippen LogP) is 2.16. The van der Waals surface area contributed by atoms with Crippen LogP contribution >= 0.6 is 24.2 Å². The number of carbonyl (C=O) groups excluding carboxylic acids is 3. The molecule has 2 aromatic rings. The van der Waals surface area contributed by atoms with Crippen molar-refractivity contribution in [2.75, 3.05) is 5.75 Å². The fourth-order valence-corrected chi connectivity index (χ4v) is 3.54. The van der Waals surface area contributed by atoms with Crippen LogP contribution in [0.3, 0.4) is 0 Å². The molecule has 0 bridgehead atoms. The van der Waals surface area contributed by atoms with E-state index in [0.29, 0.717) is 5.75 Å². The van der Waals surface area contributed by atoms with Gasteiger partial charge in [-0.2, -0.15) is 11.8 Å². The highest BCUT2D eigenvalue weighted by Crippen LogP contribution is 2.12. The average molecular weight is 466 g/mol. The second kappa shape index (κ2) is 14.5. The highest BCUT2D eigenvalue weighted by Gasteiger charge is 2.23. The Bertz CT molecular complexity index is 824. The monoisotopic (exact) mass is 465 g/mol. The van der Waals surface area contributed by atoms with Crippen molar-refractivity contribution in [3.8, 4) is 0 Å². The first-order valence-electron chi connectivity index (χ1n) is 9.62. The van der Waals surface area contributed by atoms with Crippen LogP contribution in [0.2, 0.25) is 0 Å². The van der Waals surface area contributed by atoms with E-state index in [0.717, 1.165) is 16.9 Å². The van der Waals surface area contributed by atoms with Gasteiger partial charge in [-0.25, -0.2) is 0 Å². The molecule has 2 rings (SSSR count). The third-order valence-electron chi connectivity index (χ3n) is 4.29. The summed E-state index contributed by atoms with van der Waals surface area (Å²) in [5.41, 5.74) is 13.3. The van der Waals surface area contributed by atoms with E-state index in [1.54, 1.807) is 0 Å². The Morgan fingerprint density at radius 2 is 1.55 bits per heavy atom. The van der Waals surface area contributed by atoms with Crippen LogP contribution in [0.15, 0.2) is 60.7 Å². The molecule has 0 unspecified atom stereocenters. The standard InChI is InChI=1S/C22H27N3O4S.ClH/c23-18(15-30-14-17-9-5-2-6-10-17)22(28)25-19(21(24)27)11-12-20(26)29-13-16-7-3-1-4-8-16;/h1-10,18-19H,11-15,23H2,(H2,24,27)(H,25,28);1H/t18-,19+;/m0./s1. The maximum absolute atomic E-state index is 12.3. The summed E-state index contributed by atoms with van der Waals surface area (Å²) in [5.74, 6) is -0.540. The van der Waals surface area contributed by atoms with Crippen molar-refractivity contribution in [2.45, 2.75) is 37.3 Å². The van der Waals surface area contributed by atoms with Gasteiger partial charge < -0.3 is 21.5 Å². The topological polar surface area (TPSA) is 125 Å². The molecular weight excluding hydrogens is 438 g/mol. The lowest BCUT2D eigenvalue weighted by atomic mass is 10.1. The van der Waals surface area contributed by atoms with Gasteiger partial charge in [0.25, 0.3) is 0 Å². The lowest BCUT2D eigenvalue weighted by molar-refractivity contribution is -0.145. The van der Waals surface area contributed by atoms with Crippen LogP contribution in [0.1, 0.15) is 24.0 Å². The molecule has 0 spiro atoms. The molecule has 0 saturated heterocycles. The Hall–Kier alpha value is -2.55. The number of nitrogens with one attached hydrogen (secondary N) is 1. The van der Waals surface area contributed by atoms with Gasteiger partial charge in [0.05, 0.1) is 6.04 Å². The minimum absolute atomic E-state index is 0. The number of carbonyl (C=O) groups is 3. The van der Waals surface area contributed by atoms with E-state index in [4.69, 9.17) is 16.2 Å². The van der Waals surface area contributed by atoms with Gasteiger partial charge in [-0.3, -0.25) is 14.4 Å². The van der Waals surface area contributed by atoms with Gasteiger partial charge in [-0.1, -0.05) is 60.7 Å². The SMILES string of the molecule is Cl.NC(=O)[C@@H](CCC(=O)OCc1ccccc1)NC(=O)[C@@H](N)CSCc1ccccc1. The number of primary amides is 1. The van der Waals surface area contributed by atoms with Crippen molar-refractivity contribution in [3.05, 3.63) is 71.8 Å². The lowest BCUT2D eigenvalue weighted by Crippen LogP contribution is -2.51. The number of esters is 1. The summed E-state index contributed by atoms with van der Waals surface area (Å²) in [4.78, 5) is 35.9. The number of nitrogens with two attached hydrogens (primary N) is 2. The minimum atomic E-state index is -0.980. The lowest BCUT2D eigenvalue weighted by Gasteiger charge is -2.18. The van der Waals surface area contributed by atoms with E-state index in [2.05, 4.69) is 5.32 Å². The zero-order chi connectivity index (χ0) is 21.8. The van der Waals surface area contributed by atoms with Crippen molar-refractivity contribution in [1.82, 2.24) is 5.32 Å². The molecule has 0 saturated carbocycles. The van der Waals surface area contributed by atoms with Crippen molar-refractivity contribution < 1.29 is 19.1 Å². The summed E-state index contributed by atoms with van der Waals surface area (Å²) in [6.45, 7) is 0.150. The zero-order valence-corrected chi connectivity index (χ0v) is 18.7. The fourth-order valence-electron chi connectivity index (χ4n) is 2.59. The van der Waals surface area contributed by atoms with Gasteiger partial charge in [0.1, 0.15) is 12.6 Å². The number of rotatable bonds is 12. The fraction of sp³-hybridized carbons (Fsp3) is 0.318. The molecular formula is C22H28ClN3O4S. The van der Waals surface area contributed by atoms with Crippen LogP contribution in [0.25, 0.3) is 0 Å². The second-order valence-electron chi connectivity index (χ2n) is 6.76. The summed E-state index contributed by atoms with van der Waals surface area (Å²) in [6, 6.07) is 17.3. The van der Waals surface area contributed by atoms with E-state index < -0.39 is 29.9 Å². The summed E-state index contributed by atoms with van der Waals surface area (Å²) in [6.07, 6.45) is 0.0112. The molecule has 2 amide bonds. The first kappa shape index (κ1) is 26.5. The number of hydrogen-bond donors (Lipinski definition) is 3. The minimum Gasteiger partial charge on any atom is -0.461 e. The first-order chi connectivity index (χ1) is 14.5. The molecule has 5 N–H and O–H groups in total. The largest absolute Gasteiger partial charge is 0.461 e. The molecule has 0 aliphatic rings. The van der Waals surface area contributed by atoms with Gasteiger partial charge >= 0.3 is 5.97 Å². The Labute approximate surface area is 192 Å². The summed E-state index contributed by atoms with van der Waals surface area (Å²) >= 11 is 1.52. The molecule has 0 aliphatic carbocycles. The van der Waals surface area contributed by atoms with Crippen LogP contribution in [-0.2, 0) is 31.5 Å². The normalized spacial score (nSPS) is 12.2. The van der Waals surface area contributed by atoms with Crippen molar-refractivity contribution in [3.63, 3.8) is 0 Å². The van der Waals surface area contributed by atoms with E-state index in [-0.39, 0.29) is 31.9 Å². The van der Waals surface area contributed by atoms with Crippen LogP contribution in [0.5, 0.6) is 0 Å². The van der Waals surface area contributed by atoms with E-state index in [1.807, 2.05) is 60.7 Å². The predicted molar refractivity (Wildman–Crippen MR) is 124 cm³/mol. The zero-order valence-electron chi connectivity index (χ0n) is 17.1. The van der Waals surface area contributed by atoms with Crippen LogP contribution in [0, 0.1) is 0 Å². The quantitative estimate of drug-likeness (QED) is 0.412. The Balaban J connectivity index is 0.00000480. The van der Waals surface area contributed by atoms with E-state index in [9.17, 15) is 14.4 Å². The second-order valence-corrected chi connectivity index (χ2v) is 7.79. The molecule has 2 aromatic carbocycles. The molecule has 9 heteroatoms. The summed E-state index contributed by atoms with van der Waals surface area (Å²) in [5, 5.41) is 2.53. The van der Waals surface area contributed by atoms with Gasteiger partial charge in [0, 0.05) is 17.9 Å². The molecule has 2 atom stereocenters. The molecule has 31 heavy (non-hydrogen) atoms. The number of amides is 2. The average Bonchev–Trinajstić information content (AvgIpc) is 2.76. The summed E-state index contributed by atoms with van der Waals surface area (Å²) in [7, 11) is 0. The van der Waals surface area contributed by atoms with Crippen molar-refractivity contribution in [1.29, 1.82) is 0 Å². The highest BCUT2D eigenvalue weighted by atomic mass is 35.5. The Kier molecular flexibility index (Phi) is 12.3. The number of hydrogen-bond acceptors (Lipinski definition) is 6. The molecule has 0 aromatic heterocycles. The first-order valence-corrected chi connectivity index (χ1v) is 10.8. The number of ether oxygens (including phenoxy) is 1. The number of benzene rings is 2. The number of thioether (sulfide) groups is 1. The summed E-state index contributed by atoms with van der Waals surface area (Å²) < 4.78 is 5.17. The molecule has 0 radical (unpaired) electrons. The van der Waals surface area contributed by atoms with Gasteiger partial charge in [-0.15, -0.1) is 12.4 Å². The van der Waals surface area contributed by atoms with Gasteiger partial charge in [0.2, 0.25) is 11.8 Å². The highest BCUT2D eigenvalue weighted by molar-refractivity contribution is 7.98. The van der Waals surface area contributed by atoms with E-state index >= 15 is 0 Å². The molecule has 0 fully saturated rings. The smallest absolute Gasteiger partial charge is 0.306 e. The number of halogens is 1. The van der Waals surface area contributed by atoms with Gasteiger partial charge in [0.15, 0.2) is 0 Å². The molecule has 0 aliphatic heterocycles. The third-order valence-corrected chi connectivity index (χ3v) is 5.42. The Morgan fingerprint density at radius 3 is 2.13 bits per heavy atom. The molecule has 168 valence electrons. The van der Waals surface area contributed by atoms with Crippen LogP contribution < -0.4 is 16.8 Å². The third kappa shape index (κ3) is 10.3. The van der Waals surface area contributed by atoms with Crippen LogP contribution in [-0.4, -0.2) is 35.6 Å². The molecule has 7 nitrogen and oxygen atoms in total. The molecule has 0 heterocycles. The maximum Gasteiger partial charge on any atom is 0.306 e. The van der Waals surface area contributed by atoms with Gasteiger partial charge in [-0.05, 0) is 17.5 Å². The van der Waals surface area contributed by atoms with Crippen molar-refractivity contribution >= 4 is 42.0 Å². The van der Waals surface area contributed by atoms with Crippen molar-refractivity contribution in [2.24, 2.45) is 11.5 Å². The maximum atomic E-state index is 12.3. The van der Waals surface area contributed by atoms with E-state index in [1.165, 1.54) is 11.8 Å². The Morgan fingerprint density at radius 1 is 0.968 bits per heavy atom. The van der Waals surface area contributed by atoms with Crippen LogP contribution in [0.4, 0.5) is 0 Å².